The molecule has 1 aliphatic heterocycles. The highest BCUT2D eigenvalue weighted by atomic mass is 16.5. The Hall–Kier alpha value is -2.09. The number of morpholine rings is 1. The highest BCUT2D eigenvalue weighted by molar-refractivity contribution is 5.80. The van der Waals surface area contributed by atoms with Crippen LogP contribution in [0.4, 0.5) is 0 Å². The first kappa shape index (κ1) is 17.3. The summed E-state index contributed by atoms with van der Waals surface area (Å²) in [6.45, 7) is 5.29. The van der Waals surface area contributed by atoms with Crippen molar-refractivity contribution in [1.29, 1.82) is 0 Å². The van der Waals surface area contributed by atoms with Crippen LogP contribution in [0.3, 0.4) is 0 Å². The molecule has 0 saturated carbocycles. The van der Waals surface area contributed by atoms with Crippen molar-refractivity contribution in [2.45, 2.75) is 19.4 Å². The lowest BCUT2D eigenvalue weighted by atomic mass is 10.1. The highest BCUT2D eigenvalue weighted by Gasteiger charge is 2.25. The van der Waals surface area contributed by atoms with Crippen molar-refractivity contribution < 1.29 is 14.3 Å². The minimum absolute atomic E-state index is 0.0260. The van der Waals surface area contributed by atoms with Gasteiger partial charge in [0.2, 0.25) is 0 Å². The number of esters is 1. The fraction of sp³-hybridized carbons (Fsp3) is 0.667. The van der Waals surface area contributed by atoms with Gasteiger partial charge in [0.1, 0.15) is 6.10 Å². The zero-order valence-corrected chi connectivity index (χ0v) is 14.0. The van der Waals surface area contributed by atoms with Crippen LogP contribution < -0.4 is 5.32 Å². The van der Waals surface area contributed by atoms with E-state index in [-0.39, 0.29) is 18.5 Å². The molecule has 2 rings (SSSR count). The molecule has 0 spiro atoms. The number of methoxy groups -OCH3 is 1. The molecule has 2 heterocycles. The second-order valence-corrected chi connectivity index (χ2v) is 5.31. The summed E-state index contributed by atoms with van der Waals surface area (Å²) in [5.74, 6) is 0.549. The maximum absolute atomic E-state index is 11.2. The van der Waals surface area contributed by atoms with Crippen LogP contribution in [0.5, 0.6) is 0 Å². The lowest BCUT2D eigenvalue weighted by Crippen LogP contribution is -2.48. The number of aromatic nitrogens is 2. The van der Waals surface area contributed by atoms with Crippen molar-refractivity contribution in [2.75, 3.05) is 39.9 Å². The number of hydrogen-bond acceptors (Lipinski definition) is 5. The van der Waals surface area contributed by atoms with Crippen molar-refractivity contribution in [1.82, 2.24) is 20.0 Å². The van der Waals surface area contributed by atoms with E-state index < -0.39 is 0 Å². The summed E-state index contributed by atoms with van der Waals surface area (Å²) >= 11 is 0. The van der Waals surface area contributed by atoms with Gasteiger partial charge >= 0.3 is 5.97 Å². The van der Waals surface area contributed by atoms with E-state index in [1.165, 1.54) is 7.11 Å². The quantitative estimate of drug-likeness (QED) is 0.477. The van der Waals surface area contributed by atoms with Crippen molar-refractivity contribution in [2.24, 2.45) is 12.0 Å². The largest absolute Gasteiger partial charge is 0.469 e. The molecule has 1 saturated heterocycles. The maximum atomic E-state index is 11.2. The zero-order valence-electron chi connectivity index (χ0n) is 14.0. The molecule has 1 unspecified atom stereocenters. The number of rotatable bonds is 5. The molecule has 0 radical (unpaired) electrons. The van der Waals surface area contributed by atoms with Crippen molar-refractivity contribution >= 4 is 11.9 Å². The molecule has 23 heavy (non-hydrogen) atoms. The van der Waals surface area contributed by atoms with Crippen molar-refractivity contribution in [3.05, 3.63) is 18.0 Å². The van der Waals surface area contributed by atoms with Crippen molar-refractivity contribution in [3.63, 3.8) is 0 Å². The van der Waals surface area contributed by atoms with Gasteiger partial charge in [-0.2, -0.15) is 5.10 Å². The second-order valence-electron chi connectivity index (χ2n) is 5.31. The topological polar surface area (TPSA) is 81.0 Å². The molecule has 1 aromatic rings. The third-order valence-electron chi connectivity index (χ3n) is 3.60. The van der Waals surface area contributed by atoms with E-state index >= 15 is 0 Å². The maximum Gasteiger partial charge on any atom is 0.307 e. The Kier molecular flexibility index (Phi) is 6.40. The standard InChI is InChI=1S/C15H25N5O3/c1-4-16-15(17-6-5-14(21)22-3)20-7-8-23-13(11-20)12-9-18-19(2)10-12/h9-10,13H,4-8,11H2,1-3H3,(H,16,17). The molecule has 0 bridgehead atoms. The van der Waals surface area contributed by atoms with E-state index in [2.05, 4.69) is 25.0 Å². The van der Waals surface area contributed by atoms with Crippen LogP contribution in [0.2, 0.25) is 0 Å². The van der Waals surface area contributed by atoms with Gasteiger partial charge in [-0.15, -0.1) is 0 Å². The van der Waals surface area contributed by atoms with Crippen LogP contribution in [-0.2, 0) is 21.3 Å². The molecule has 1 fully saturated rings. The fourth-order valence-electron chi connectivity index (χ4n) is 2.43. The molecular weight excluding hydrogens is 298 g/mol. The van der Waals surface area contributed by atoms with Crippen LogP contribution >= 0.6 is 0 Å². The molecule has 0 aromatic carbocycles. The van der Waals surface area contributed by atoms with Gasteiger partial charge in [-0.05, 0) is 6.92 Å². The Morgan fingerprint density at radius 3 is 3.09 bits per heavy atom. The highest BCUT2D eigenvalue weighted by Crippen LogP contribution is 2.21. The van der Waals surface area contributed by atoms with Crippen LogP contribution in [0.25, 0.3) is 0 Å². The number of nitrogens with zero attached hydrogens (tertiary/aromatic N) is 4. The number of aliphatic imine (C=N–C) groups is 1. The van der Waals surface area contributed by atoms with E-state index in [9.17, 15) is 4.79 Å². The van der Waals surface area contributed by atoms with Crippen LogP contribution in [-0.4, -0.2) is 66.5 Å². The molecule has 1 aromatic heterocycles. The summed E-state index contributed by atoms with van der Waals surface area (Å²) in [4.78, 5) is 17.9. The molecule has 8 nitrogen and oxygen atoms in total. The summed E-state index contributed by atoms with van der Waals surface area (Å²) in [5, 5.41) is 7.47. The molecular formula is C15H25N5O3. The van der Waals surface area contributed by atoms with Gasteiger partial charge in [0.05, 0.1) is 39.4 Å². The normalized spacial score (nSPS) is 18.8. The number of guanidine groups is 1. The minimum Gasteiger partial charge on any atom is -0.469 e. The van der Waals surface area contributed by atoms with Gasteiger partial charge in [-0.1, -0.05) is 0 Å². The van der Waals surface area contributed by atoms with Crippen LogP contribution in [0.1, 0.15) is 25.0 Å². The average Bonchev–Trinajstić information content (AvgIpc) is 3.00. The number of nitrogens with one attached hydrogen (secondary N) is 1. The molecule has 1 atom stereocenters. The third-order valence-corrected chi connectivity index (χ3v) is 3.60. The fourth-order valence-corrected chi connectivity index (χ4v) is 2.43. The van der Waals surface area contributed by atoms with E-state index in [1.807, 2.05) is 26.4 Å². The molecule has 1 N–H and O–H groups in total. The molecule has 0 aliphatic carbocycles. The van der Waals surface area contributed by atoms with E-state index in [4.69, 9.17) is 4.74 Å². The summed E-state index contributed by atoms with van der Waals surface area (Å²) < 4.78 is 12.3. The smallest absolute Gasteiger partial charge is 0.307 e. The zero-order chi connectivity index (χ0) is 16.7. The van der Waals surface area contributed by atoms with Crippen molar-refractivity contribution in [3.8, 4) is 0 Å². The molecule has 128 valence electrons. The third kappa shape index (κ3) is 4.95. The number of carbonyl (C=O) groups is 1. The molecule has 1 aliphatic rings. The van der Waals surface area contributed by atoms with Gasteiger partial charge in [-0.25, -0.2) is 0 Å². The Morgan fingerprint density at radius 2 is 2.43 bits per heavy atom. The average molecular weight is 323 g/mol. The van der Waals surface area contributed by atoms with Crippen LogP contribution in [0.15, 0.2) is 17.4 Å². The van der Waals surface area contributed by atoms with Gasteiger partial charge in [-0.3, -0.25) is 14.5 Å². The predicted molar refractivity (Wildman–Crippen MR) is 86.1 cm³/mol. The number of aryl methyl sites for hydroxylation is 1. The minimum atomic E-state index is -0.250. The summed E-state index contributed by atoms with van der Waals surface area (Å²) in [7, 11) is 3.28. The Bertz CT molecular complexity index is 543. The first-order valence-corrected chi connectivity index (χ1v) is 7.84. The Balaban J connectivity index is 2.00. The second kappa shape index (κ2) is 8.52. The van der Waals surface area contributed by atoms with Gasteiger partial charge in [0, 0.05) is 31.9 Å². The van der Waals surface area contributed by atoms with Gasteiger partial charge in [0.15, 0.2) is 5.96 Å². The first-order chi connectivity index (χ1) is 11.1. The molecule has 0 amide bonds. The lowest BCUT2D eigenvalue weighted by molar-refractivity contribution is -0.140. The summed E-state index contributed by atoms with van der Waals surface area (Å²) in [5.41, 5.74) is 1.06. The SMILES string of the molecule is CCNC(=NCCC(=O)OC)N1CCOC(c2cnn(C)c2)C1. The monoisotopic (exact) mass is 323 g/mol. The molecule has 8 heteroatoms. The number of hydrogen-bond donors (Lipinski definition) is 1. The van der Waals surface area contributed by atoms with E-state index in [1.54, 1.807) is 4.68 Å². The Labute approximate surface area is 136 Å². The van der Waals surface area contributed by atoms with Gasteiger partial charge in [0.25, 0.3) is 0 Å². The van der Waals surface area contributed by atoms with Crippen LogP contribution in [0, 0.1) is 0 Å². The summed E-state index contributed by atoms with van der Waals surface area (Å²) in [6, 6.07) is 0. The predicted octanol–water partition coefficient (Wildman–Crippen LogP) is 0.322. The van der Waals surface area contributed by atoms with E-state index in [0.29, 0.717) is 19.7 Å². The lowest BCUT2D eigenvalue weighted by Gasteiger charge is -2.34. The number of carbonyl (C=O) groups excluding carboxylic acids is 1. The first-order valence-electron chi connectivity index (χ1n) is 7.84. The van der Waals surface area contributed by atoms with Gasteiger partial charge < -0.3 is 19.7 Å². The Morgan fingerprint density at radius 1 is 1.61 bits per heavy atom. The number of ether oxygens (including phenoxy) is 2. The van der Waals surface area contributed by atoms with E-state index in [0.717, 1.165) is 24.6 Å². The summed E-state index contributed by atoms with van der Waals surface area (Å²) in [6.07, 6.45) is 4.05.